The van der Waals surface area contributed by atoms with E-state index >= 15 is 0 Å². The molecule has 0 aliphatic carbocycles. The number of ether oxygens (including phenoxy) is 1. The van der Waals surface area contributed by atoms with Crippen molar-refractivity contribution in [1.29, 1.82) is 5.26 Å². The third kappa shape index (κ3) is 3.42. The molecule has 0 spiro atoms. The number of rotatable bonds is 5. The lowest BCUT2D eigenvalue weighted by Crippen LogP contribution is -2.28. The summed E-state index contributed by atoms with van der Waals surface area (Å²) in [5, 5.41) is 18.2. The van der Waals surface area contributed by atoms with E-state index in [0.717, 1.165) is 6.42 Å². The monoisotopic (exact) mass is 326 g/mol. The number of likely N-dealkylation sites (tertiary alicyclic amines) is 1. The van der Waals surface area contributed by atoms with Crippen LogP contribution in [-0.2, 0) is 6.61 Å². The number of aliphatic hydroxyl groups excluding tert-OH is 1. The number of hydrogen-bond acceptors (Lipinski definition) is 5. The molecule has 0 saturated carbocycles. The van der Waals surface area contributed by atoms with Gasteiger partial charge >= 0.3 is 0 Å². The van der Waals surface area contributed by atoms with Gasteiger partial charge in [0.05, 0.1) is 5.56 Å². The van der Waals surface area contributed by atoms with E-state index in [-0.39, 0.29) is 30.8 Å². The van der Waals surface area contributed by atoms with E-state index in [1.165, 1.54) is 0 Å². The minimum atomic E-state index is -0.172. The lowest BCUT2D eigenvalue weighted by molar-refractivity contribution is 0.0746. The Morgan fingerprint density at radius 2 is 2.21 bits per heavy atom. The van der Waals surface area contributed by atoms with Crippen LogP contribution in [0.3, 0.4) is 0 Å². The molecule has 1 aromatic heterocycles. The van der Waals surface area contributed by atoms with E-state index < -0.39 is 0 Å². The average molecular weight is 326 g/mol. The van der Waals surface area contributed by atoms with Gasteiger partial charge in [0.25, 0.3) is 5.91 Å². The summed E-state index contributed by atoms with van der Waals surface area (Å²) in [5.74, 6) is 1.24. The Hall–Kier alpha value is -2.78. The molecule has 2 heterocycles. The molecule has 1 atom stereocenters. The molecule has 1 fully saturated rings. The normalized spacial score (nSPS) is 16.8. The third-order valence-electron chi connectivity index (χ3n) is 4.08. The molecule has 2 aromatic rings. The fourth-order valence-corrected chi connectivity index (χ4v) is 2.73. The molecule has 1 aliphatic heterocycles. The van der Waals surface area contributed by atoms with Gasteiger partial charge in [-0.25, -0.2) is 0 Å². The number of nitriles is 1. The number of carbonyl (C=O) groups excluding carboxylic acids is 1. The highest BCUT2D eigenvalue weighted by Gasteiger charge is 2.28. The van der Waals surface area contributed by atoms with Crippen LogP contribution in [0, 0.1) is 17.2 Å². The van der Waals surface area contributed by atoms with Gasteiger partial charge in [-0.05, 0) is 30.7 Å². The van der Waals surface area contributed by atoms with Crippen LogP contribution in [0.15, 0.2) is 40.8 Å². The summed E-state index contributed by atoms with van der Waals surface area (Å²) >= 11 is 0. The van der Waals surface area contributed by atoms with Crippen molar-refractivity contribution in [3.05, 3.63) is 53.5 Å². The number of para-hydroxylation sites is 1. The molecule has 124 valence electrons. The van der Waals surface area contributed by atoms with Crippen LogP contribution < -0.4 is 4.74 Å². The van der Waals surface area contributed by atoms with Crippen molar-refractivity contribution in [2.45, 2.75) is 13.0 Å². The summed E-state index contributed by atoms with van der Waals surface area (Å²) in [4.78, 5) is 14.1. The highest BCUT2D eigenvalue weighted by molar-refractivity contribution is 5.91. The predicted molar refractivity (Wildman–Crippen MR) is 85.3 cm³/mol. The molecule has 3 rings (SSSR count). The van der Waals surface area contributed by atoms with Crippen molar-refractivity contribution in [3.63, 3.8) is 0 Å². The smallest absolute Gasteiger partial charge is 0.289 e. The fourth-order valence-electron chi connectivity index (χ4n) is 2.73. The Morgan fingerprint density at radius 1 is 1.38 bits per heavy atom. The first-order chi connectivity index (χ1) is 11.7. The molecule has 1 unspecified atom stereocenters. The Morgan fingerprint density at radius 3 is 2.96 bits per heavy atom. The largest absolute Gasteiger partial charge is 0.484 e. The van der Waals surface area contributed by atoms with Gasteiger partial charge in [-0.1, -0.05) is 12.1 Å². The third-order valence-corrected chi connectivity index (χ3v) is 4.08. The van der Waals surface area contributed by atoms with Gasteiger partial charge in [-0.2, -0.15) is 5.26 Å². The van der Waals surface area contributed by atoms with Crippen molar-refractivity contribution in [1.82, 2.24) is 4.90 Å². The standard InChI is InChI=1S/C18H18N2O4/c19-9-14-3-1-2-4-16(14)23-12-15-5-6-17(24-15)18(22)20-8-7-13(10-20)11-21/h1-6,13,21H,7-8,10-12H2. The van der Waals surface area contributed by atoms with Crippen LogP contribution in [0.2, 0.25) is 0 Å². The highest BCUT2D eigenvalue weighted by atomic mass is 16.5. The molecule has 1 aromatic carbocycles. The predicted octanol–water partition coefficient (Wildman–Crippen LogP) is 2.18. The molecule has 0 bridgehead atoms. The van der Waals surface area contributed by atoms with Crippen molar-refractivity contribution in [2.75, 3.05) is 19.7 Å². The Balaban J connectivity index is 1.62. The summed E-state index contributed by atoms with van der Waals surface area (Å²) in [6.45, 7) is 1.42. The summed E-state index contributed by atoms with van der Waals surface area (Å²) < 4.78 is 11.2. The van der Waals surface area contributed by atoms with Crippen LogP contribution >= 0.6 is 0 Å². The van der Waals surface area contributed by atoms with Gasteiger partial charge in [0.2, 0.25) is 0 Å². The van der Waals surface area contributed by atoms with E-state index in [1.54, 1.807) is 41.3 Å². The quantitative estimate of drug-likeness (QED) is 0.910. The van der Waals surface area contributed by atoms with Crippen molar-refractivity contribution >= 4 is 5.91 Å². The summed E-state index contributed by atoms with van der Waals surface area (Å²) in [6.07, 6.45) is 0.809. The van der Waals surface area contributed by atoms with E-state index in [2.05, 4.69) is 6.07 Å². The maximum Gasteiger partial charge on any atom is 0.289 e. The fraction of sp³-hybridized carbons (Fsp3) is 0.333. The number of hydrogen-bond donors (Lipinski definition) is 1. The molecule has 1 aliphatic rings. The van der Waals surface area contributed by atoms with E-state index in [4.69, 9.17) is 19.5 Å². The average Bonchev–Trinajstić information content (AvgIpc) is 3.29. The topological polar surface area (TPSA) is 86.7 Å². The first-order valence-corrected chi connectivity index (χ1v) is 7.82. The lowest BCUT2D eigenvalue weighted by Gasteiger charge is -2.14. The summed E-state index contributed by atoms with van der Waals surface area (Å²) in [5.41, 5.74) is 0.451. The van der Waals surface area contributed by atoms with Crippen LogP contribution in [-0.4, -0.2) is 35.6 Å². The van der Waals surface area contributed by atoms with Crippen LogP contribution in [0.4, 0.5) is 0 Å². The molecule has 0 radical (unpaired) electrons. The van der Waals surface area contributed by atoms with Gasteiger partial charge < -0.3 is 19.2 Å². The maximum absolute atomic E-state index is 12.4. The van der Waals surface area contributed by atoms with Gasteiger partial charge in [0.15, 0.2) is 5.76 Å². The molecule has 1 saturated heterocycles. The number of aliphatic hydroxyl groups is 1. The van der Waals surface area contributed by atoms with Gasteiger partial charge in [-0.15, -0.1) is 0 Å². The van der Waals surface area contributed by atoms with Crippen LogP contribution in [0.25, 0.3) is 0 Å². The minimum Gasteiger partial charge on any atom is -0.484 e. The van der Waals surface area contributed by atoms with Gasteiger partial charge in [0, 0.05) is 25.6 Å². The zero-order valence-electron chi connectivity index (χ0n) is 13.1. The number of benzene rings is 1. The second-order valence-electron chi connectivity index (χ2n) is 5.75. The molecule has 1 N–H and O–H groups in total. The second kappa shape index (κ2) is 7.20. The SMILES string of the molecule is N#Cc1ccccc1OCc1ccc(C(=O)N2CCC(CO)C2)o1. The minimum absolute atomic E-state index is 0.0966. The Labute approximate surface area is 139 Å². The van der Waals surface area contributed by atoms with Gasteiger partial charge in [-0.3, -0.25) is 4.79 Å². The summed E-state index contributed by atoms with van der Waals surface area (Å²) in [6, 6.07) is 12.3. The molecule has 1 amide bonds. The number of furan rings is 1. The van der Waals surface area contributed by atoms with Crippen LogP contribution in [0.1, 0.15) is 28.3 Å². The van der Waals surface area contributed by atoms with Gasteiger partial charge in [0.1, 0.15) is 24.2 Å². The highest BCUT2D eigenvalue weighted by Crippen LogP contribution is 2.21. The van der Waals surface area contributed by atoms with Crippen molar-refractivity contribution in [3.8, 4) is 11.8 Å². The van der Waals surface area contributed by atoms with Crippen molar-refractivity contribution in [2.24, 2.45) is 5.92 Å². The lowest BCUT2D eigenvalue weighted by atomic mass is 10.1. The second-order valence-corrected chi connectivity index (χ2v) is 5.75. The van der Waals surface area contributed by atoms with E-state index in [1.807, 2.05) is 0 Å². The molecule has 6 nitrogen and oxygen atoms in total. The molecule has 6 heteroatoms. The first-order valence-electron chi connectivity index (χ1n) is 7.82. The number of carbonyl (C=O) groups is 1. The maximum atomic E-state index is 12.4. The Bertz CT molecular complexity index is 762. The molecular weight excluding hydrogens is 308 g/mol. The number of nitrogens with zero attached hydrogens (tertiary/aromatic N) is 2. The molecular formula is C18H18N2O4. The van der Waals surface area contributed by atoms with E-state index in [0.29, 0.717) is 30.2 Å². The van der Waals surface area contributed by atoms with E-state index in [9.17, 15) is 4.79 Å². The molecule has 24 heavy (non-hydrogen) atoms. The summed E-state index contributed by atoms with van der Waals surface area (Å²) in [7, 11) is 0. The number of amides is 1. The Kier molecular flexibility index (Phi) is 4.82. The zero-order valence-corrected chi connectivity index (χ0v) is 13.1. The van der Waals surface area contributed by atoms with Crippen LogP contribution in [0.5, 0.6) is 5.75 Å². The zero-order chi connectivity index (χ0) is 16.9. The van der Waals surface area contributed by atoms with Crippen molar-refractivity contribution < 1.29 is 19.1 Å². The first kappa shape index (κ1) is 16.1.